The number of rotatable bonds is 3. The molecule has 0 amide bonds. The number of hydrogen-bond donors (Lipinski definition) is 0. The predicted octanol–water partition coefficient (Wildman–Crippen LogP) is 3.95. The van der Waals surface area contributed by atoms with Crippen molar-refractivity contribution in [1.82, 2.24) is 9.97 Å². The maximum absolute atomic E-state index is 4.51. The number of thiophene rings is 1. The molecular weight excluding hydrogens is 254 g/mol. The fraction of sp³-hybridized carbons (Fsp3) is 0.600. The Morgan fingerprint density at radius 1 is 1.32 bits per heavy atom. The summed E-state index contributed by atoms with van der Waals surface area (Å²) in [6, 6.07) is 2.15. The number of aromatic nitrogens is 2. The summed E-state index contributed by atoms with van der Waals surface area (Å²) in [5, 5.41) is 3.32. The molecule has 0 radical (unpaired) electrons. The van der Waals surface area contributed by atoms with Gasteiger partial charge >= 0.3 is 0 Å². The van der Waals surface area contributed by atoms with E-state index in [1.807, 2.05) is 0 Å². The van der Waals surface area contributed by atoms with Gasteiger partial charge in [-0.1, -0.05) is 13.8 Å². The SMILES string of the molecule is CC(C)CC1CCN(c2ncnc3sccc23)CC1. The van der Waals surface area contributed by atoms with Crippen LogP contribution in [0.3, 0.4) is 0 Å². The average Bonchev–Trinajstić information content (AvgIpc) is 2.87. The fourth-order valence-corrected chi connectivity index (χ4v) is 3.80. The predicted molar refractivity (Wildman–Crippen MR) is 81.8 cm³/mol. The molecule has 0 bridgehead atoms. The van der Waals surface area contributed by atoms with E-state index < -0.39 is 0 Å². The van der Waals surface area contributed by atoms with Crippen molar-refractivity contribution in [2.75, 3.05) is 18.0 Å². The van der Waals surface area contributed by atoms with Crippen LogP contribution in [0.5, 0.6) is 0 Å². The summed E-state index contributed by atoms with van der Waals surface area (Å²) < 4.78 is 0. The Bertz CT molecular complexity index is 541. The van der Waals surface area contributed by atoms with Crippen LogP contribution in [0.1, 0.15) is 33.1 Å². The molecule has 0 N–H and O–H groups in total. The normalized spacial score (nSPS) is 17.5. The van der Waals surface area contributed by atoms with Crippen molar-refractivity contribution in [1.29, 1.82) is 0 Å². The van der Waals surface area contributed by atoms with Crippen LogP contribution in [0.25, 0.3) is 10.2 Å². The van der Waals surface area contributed by atoms with Crippen LogP contribution < -0.4 is 4.90 Å². The smallest absolute Gasteiger partial charge is 0.140 e. The average molecular weight is 275 g/mol. The van der Waals surface area contributed by atoms with Crippen molar-refractivity contribution in [3.05, 3.63) is 17.8 Å². The van der Waals surface area contributed by atoms with Crippen molar-refractivity contribution in [3.8, 4) is 0 Å². The van der Waals surface area contributed by atoms with Crippen LogP contribution in [0.4, 0.5) is 5.82 Å². The minimum atomic E-state index is 0.819. The molecule has 3 rings (SSSR count). The second-order valence-electron chi connectivity index (χ2n) is 5.90. The fourth-order valence-electron chi connectivity index (χ4n) is 3.08. The molecular formula is C15H21N3S. The van der Waals surface area contributed by atoms with Gasteiger partial charge in [-0.25, -0.2) is 9.97 Å². The third kappa shape index (κ3) is 2.73. The van der Waals surface area contributed by atoms with Crippen molar-refractivity contribution in [2.24, 2.45) is 11.8 Å². The van der Waals surface area contributed by atoms with E-state index in [-0.39, 0.29) is 0 Å². The Kier molecular flexibility index (Phi) is 3.69. The molecule has 1 fully saturated rings. The topological polar surface area (TPSA) is 29.0 Å². The van der Waals surface area contributed by atoms with E-state index in [2.05, 4.69) is 40.2 Å². The van der Waals surface area contributed by atoms with Crippen LogP contribution in [-0.2, 0) is 0 Å². The lowest BCUT2D eigenvalue weighted by Gasteiger charge is -2.33. The first-order valence-electron chi connectivity index (χ1n) is 7.17. The van der Waals surface area contributed by atoms with Crippen LogP contribution in [0.2, 0.25) is 0 Å². The molecule has 3 nitrogen and oxygen atoms in total. The van der Waals surface area contributed by atoms with Gasteiger partial charge in [-0.2, -0.15) is 0 Å². The van der Waals surface area contributed by atoms with Crippen molar-refractivity contribution in [3.63, 3.8) is 0 Å². The zero-order chi connectivity index (χ0) is 13.2. The molecule has 4 heteroatoms. The highest BCUT2D eigenvalue weighted by molar-refractivity contribution is 7.16. The van der Waals surface area contributed by atoms with E-state index in [0.717, 1.165) is 35.6 Å². The zero-order valence-corrected chi connectivity index (χ0v) is 12.5. The highest BCUT2D eigenvalue weighted by atomic mass is 32.1. The summed E-state index contributed by atoms with van der Waals surface area (Å²) in [4.78, 5) is 12.4. The summed E-state index contributed by atoms with van der Waals surface area (Å²) >= 11 is 1.70. The number of fused-ring (bicyclic) bond motifs is 1. The van der Waals surface area contributed by atoms with Gasteiger partial charge in [-0.3, -0.25) is 0 Å². The molecule has 1 saturated heterocycles. The van der Waals surface area contributed by atoms with Crippen molar-refractivity contribution in [2.45, 2.75) is 33.1 Å². The molecule has 0 saturated carbocycles. The first-order valence-corrected chi connectivity index (χ1v) is 8.05. The minimum Gasteiger partial charge on any atom is -0.356 e. The van der Waals surface area contributed by atoms with Crippen LogP contribution >= 0.6 is 11.3 Å². The summed E-state index contributed by atoms with van der Waals surface area (Å²) in [6.07, 6.45) is 5.67. The maximum Gasteiger partial charge on any atom is 0.140 e. The number of piperidine rings is 1. The van der Waals surface area contributed by atoms with E-state index in [1.54, 1.807) is 17.7 Å². The molecule has 1 aliphatic rings. The van der Waals surface area contributed by atoms with Crippen LogP contribution in [0, 0.1) is 11.8 Å². The first-order chi connectivity index (χ1) is 9.24. The van der Waals surface area contributed by atoms with Gasteiger partial charge in [0.15, 0.2) is 0 Å². The Morgan fingerprint density at radius 3 is 2.84 bits per heavy atom. The van der Waals surface area contributed by atoms with Gasteiger partial charge < -0.3 is 4.90 Å². The molecule has 0 aromatic carbocycles. The quantitative estimate of drug-likeness (QED) is 0.849. The summed E-state index contributed by atoms with van der Waals surface area (Å²) in [6.45, 7) is 6.93. The second kappa shape index (κ2) is 5.45. The van der Waals surface area contributed by atoms with E-state index in [0.29, 0.717) is 0 Å². The van der Waals surface area contributed by atoms with Crippen molar-refractivity contribution >= 4 is 27.4 Å². The lowest BCUT2D eigenvalue weighted by atomic mass is 9.88. The Morgan fingerprint density at radius 2 is 2.11 bits per heavy atom. The van der Waals surface area contributed by atoms with E-state index in [1.165, 1.54) is 24.6 Å². The molecule has 0 unspecified atom stereocenters. The molecule has 0 aliphatic carbocycles. The zero-order valence-electron chi connectivity index (χ0n) is 11.7. The van der Waals surface area contributed by atoms with Crippen LogP contribution in [0.15, 0.2) is 17.8 Å². The molecule has 0 atom stereocenters. The summed E-state index contributed by atoms with van der Waals surface area (Å²) in [7, 11) is 0. The number of anilines is 1. The van der Waals surface area contributed by atoms with Gasteiger partial charge in [-0.15, -0.1) is 11.3 Å². The lowest BCUT2D eigenvalue weighted by Crippen LogP contribution is -2.34. The summed E-state index contributed by atoms with van der Waals surface area (Å²) in [5.74, 6) is 2.85. The molecule has 19 heavy (non-hydrogen) atoms. The lowest BCUT2D eigenvalue weighted by molar-refractivity contribution is 0.337. The highest BCUT2D eigenvalue weighted by Crippen LogP contribution is 2.31. The van der Waals surface area contributed by atoms with Gasteiger partial charge in [0.2, 0.25) is 0 Å². The second-order valence-corrected chi connectivity index (χ2v) is 6.79. The number of nitrogens with zero attached hydrogens (tertiary/aromatic N) is 3. The highest BCUT2D eigenvalue weighted by Gasteiger charge is 2.22. The Balaban J connectivity index is 1.73. The van der Waals surface area contributed by atoms with Gasteiger partial charge in [-0.05, 0) is 42.5 Å². The largest absolute Gasteiger partial charge is 0.356 e. The maximum atomic E-state index is 4.51. The third-order valence-electron chi connectivity index (χ3n) is 3.96. The molecule has 2 aromatic heterocycles. The number of hydrogen-bond acceptors (Lipinski definition) is 4. The van der Waals surface area contributed by atoms with Crippen molar-refractivity contribution < 1.29 is 0 Å². The van der Waals surface area contributed by atoms with E-state index >= 15 is 0 Å². The first kappa shape index (κ1) is 12.9. The van der Waals surface area contributed by atoms with Gasteiger partial charge in [0.1, 0.15) is 17.0 Å². The van der Waals surface area contributed by atoms with E-state index in [4.69, 9.17) is 0 Å². The minimum absolute atomic E-state index is 0.819. The Labute approximate surface area is 118 Å². The standard InChI is InChI=1S/C15H21N3S/c1-11(2)9-12-3-6-18(7-4-12)14-13-5-8-19-15(13)17-10-16-14/h5,8,10-12H,3-4,6-7,9H2,1-2H3. The molecule has 3 heterocycles. The van der Waals surface area contributed by atoms with Crippen LogP contribution in [-0.4, -0.2) is 23.1 Å². The van der Waals surface area contributed by atoms with Gasteiger partial charge in [0, 0.05) is 13.1 Å². The summed E-state index contributed by atoms with van der Waals surface area (Å²) in [5.41, 5.74) is 0. The van der Waals surface area contributed by atoms with Gasteiger partial charge in [0.25, 0.3) is 0 Å². The third-order valence-corrected chi connectivity index (χ3v) is 4.78. The molecule has 102 valence electrons. The molecule has 0 spiro atoms. The molecule has 1 aliphatic heterocycles. The Hall–Kier alpha value is -1.16. The molecule has 2 aromatic rings. The van der Waals surface area contributed by atoms with Gasteiger partial charge in [0.05, 0.1) is 5.39 Å². The van der Waals surface area contributed by atoms with E-state index in [9.17, 15) is 0 Å². The monoisotopic (exact) mass is 275 g/mol.